The van der Waals surface area contributed by atoms with E-state index < -0.39 is 0 Å². The second-order valence-electron chi connectivity index (χ2n) is 5.09. The van der Waals surface area contributed by atoms with Gasteiger partial charge in [0, 0.05) is 12.3 Å². The molecule has 1 nitrogen and oxygen atoms in total. The van der Waals surface area contributed by atoms with Gasteiger partial charge in [0.1, 0.15) is 5.78 Å². The van der Waals surface area contributed by atoms with E-state index in [-0.39, 0.29) is 0 Å². The van der Waals surface area contributed by atoms with Crippen molar-refractivity contribution < 1.29 is 4.79 Å². The zero-order valence-corrected chi connectivity index (χ0v) is 10.3. The standard InChI is InChI=1S/C15H20O/c1-11-8-12(2)10-13(9-11)6-7-15(16)14-4-3-5-14/h8-10,14H,3-7H2,1-2H3. The summed E-state index contributed by atoms with van der Waals surface area (Å²) in [5, 5.41) is 0. The molecule has 2 rings (SSSR count). The first-order chi connectivity index (χ1) is 7.65. The molecular weight excluding hydrogens is 196 g/mol. The lowest BCUT2D eigenvalue weighted by Crippen LogP contribution is -2.22. The van der Waals surface area contributed by atoms with Gasteiger partial charge in [-0.15, -0.1) is 0 Å². The molecule has 1 aromatic carbocycles. The van der Waals surface area contributed by atoms with Crippen molar-refractivity contribution in [1.82, 2.24) is 0 Å². The fourth-order valence-corrected chi connectivity index (χ4v) is 2.42. The third-order valence-corrected chi connectivity index (χ3v) is 3.50. The van der Waals surface area contributed by atoms with Gasteiger partial charge < -0.3 is 0 Å². The van der Waals surface area contributed by atoms with Crippen molar-refractivity contribution in [2.75, 3.05) is 0 Å². The van der Waals surface area contributed by atoms with Crippen LogP contribution in [0.1, 0.15) is 42.4 Å². The maximum atomic E-state index is 11.8. The minimum atomic E-state index is 0.394. The van der Waals surface area contributed by atoms with E-state index in [1.807, 2.05) is 0 Å². The van der Waals surface area contributed by atoms with E-state index in [2.05, 4.69) is 32.0 Å². The number of ketones is 1. The Hall–Kier alpha value is -1.11. The van der Waals surface area contributed by atoms with Gasteiger partial charge in [-0.25, -0.2) is 0 Å². The Balaban J connectivity index is 1.91. The number of hydrogen-bond donors (Lipinski definition) is 0. The SMILES string of the molecule is Cc1cc(C)cc(CCC(=O)C2CCC2)c1. The van der Waals surface area contributed by atoms with E-state index in [1.54, 1.807) is 0 Å². The minimum Gasteiger partial charge on any atom is -0.299 e. The average Bonchev–Trinajstić information content (AvgIpc) is 2.10. The molecule has 1 saturated carbocycles. The second kappa shape index (κ2) is 4.82. The van der Waals surface area contributed by atoms with Crippen molar-refractivity contribution in [2.24, 2.45) is 5.92 Å². The van der Waals surface area contributed by atoms with Gasteiger partial charge in [-0.1, -0.05) is 35.7 Å². The second-order valence-corrected chi connectivity index (χ2v) is 5.09. The van der Waals surface area contributed by atoms with Crippen LogP contribution in [0.2, 0.25) is 0 Å². The first kappa shape index (κ1) is 11.4. The molecule has 0 radical (unpaired) electrons. The van der Waals surface area contributed by atoms with Gasteiger partial charge in [0.15, 0.2) is 0 Å². The molecule has 1 aromatic rings. The van der Waals surface area contributed by atoms with Crippen LogP contribution in [0, 0.1) is 19.8 Å². The molecule has 0 bridgehead atoms. The monoisotopic (exact) mass is 216 g/mol. The summed E-state index contributed by atoms with van der Waals surface area (Å²) in [7, 11) is 0. The highest BCUT2D eigenvalue weighted by molar-refractivity contribution is 5.81. The van der Waals surface area contributed by atoms with E-state index in [4.69, 9.17) is 0 Å². The Kier molecular flexibility index (Phi) is 3.42. The van der Waals surface area contributed by atoms with Crippen LogP contribution in [0.5, 0.6) is 0 Å². The highest BCUT2D eigenvalue weighted by atomic mass is 16.1. The quantitative estimate of drug-likeness (QED) is 0.751. The Morgan fingerprint density at radius 2 is 1.81 bits per heavy atom. The molecule has 0 unspecified atom stereocenters. The summed E-state index contributed by atoms with van der Waals surface area (Å²) in [5.74, 6) is 0.872. The molecule has 0 amide bonds. The third-order valence-electron chi connectivity index (χ3n) is 3.50. The first-order valence-corrected chi connectivity index (χ1v) is 6.25. The van der Waals surface area contributed by atoms with E-state index in [0.29, 0.717) is 11.7 Å². The molecule has 0 aliphatic heterocycles. The lowest BCUT2D eigenvalue weighted by atomic mass is 9.80. The van der Waals surface area contributed by atoms with Crippen molar-refractivity contribution in [1.29, 1.82) is 0 Å². The summed E-state index contributed by atoms with van der Waals surface area (Å²) < 4.78 is 0. The zero-order valence-electron chi connectivity index (χ0n) is 10.3. The Morgan fingerprint density at radius 3 is 2.31 bits per heavy atom. The lowest BCUT2D eigenvalue weighted by Gasteiger charge is -2.23. The highest BCUT2D eigenvalue weighted by Crippen LogP contribution is 2.28. The predicted octanol–water partition coefficient (Wildman–Crippen LogP) is 3.61. The van der Waals surface area contributed by atoms with Crippen molar-refractivity contribution in [3.63, 3.8) is 0 Å². The number of carbonyl (C=O) groups excluding carboxylic acids is 1. The summed E-state index contributed by atoms with van der Waals surface area (Å²) in [5.41, 5.74) is 3.90. The average molecular weight is 216 g/mol. The molecule has 1 heteroatoms. The summed E-state index contributed by atoms with van der Waals surface area (Å²) in [6.45, 7) is 4.23. The number of carbonyl (C=O) groups is 1. The highest BCUT2D eigenvalue weighted by Gasteiger charge is 2.24. The molecule has 0 atom stereocenters. The third kappa shape index (κ3) is 2.72. The van der Waals surface area contributed by atoms with Gasteiger partial charge in [-0.3, -0.25) is 4.79 Å². The van der Waals surface area contributed by atoms with Gasteiger partial charge in [0.2, 0.25) is 0 Å². The molecular formula is C15H20O. The molecule has 0 spiro atoms. The predicted molar refractivity (Wildman–Crippen MR) is 66.6 cm³/mol. The van der Waals surface area contributed by atoms with Gasteiger partial charge in [0.25, 0.3) is 0 Å². The van der Waals surface area contributed by atoms with Crippen LogP contribution in [-0.4, -0.2) is 5.78 Å². The Labute approximate surface area is 97.9 Å². The number of rotatable bonds is 4. The van der Waals surface area contributed by atoms with Crippen molar-refractivity contribution in [2.45, 2.75) is 46.0 Å². The summed E-state index contributed by atoms with van der Waals surface area (Å²) in [6.07, 6.45) is 5.16. The van der Waals surface area contributed by atoms with E-state index in [9.17, 15) is 4.79 Å². The van der Waals surface area contributed by atoms with Crippen LogP contribution >= 0.6 is 0 Å². The van der Waals surface area contributed by atoms with Gasteiger partial charge in [-0.05, 0) is 38.7 Å². The van der Waals surface area contributed by atoms with E-state index in [1.165, 1.54) is 23.1 Å². The molecule has 1 aliphatic rings. The molecule has 0 heterocycles. The molecule has 1 fully saturated rings. The van der Waals surface area contributed by atoms with E-state index >= 15 is 0 Å². The molecule has 86 valence electrons. The minimum absolute atomic E-state index is 0.394. The number of hydrogen-bond acceptors (Lipinski definition) is 1. The van der Waals surface area contributed by atoms with Crippen LogP contribution in [-0.2, 0) is 11.2 Å². The Bertz CT molecular complexity index is 368. The smallest absolute Gasteiger partial charge is 0.136 e. The van der Waals surface area contributed by atoms with Crippen molar-refractivity contribution in [3.8, 4) is 0 Å². The maximum absolute atomic E-state index is 11.8. The molecule has 0 N–H and O–H groups in total. The largest absolute Gasteiger partial charge is 0.299 e. The molecule has 0 saturated heterocycles. The van der Waals surface area contributed by atoms with Gasteiger partial charge >= 0.3 is 0 Å². The summed E-state index contributed by atoms with van der Waals surface area (Å²) in [4.78, 5) is 11.8. The van der Waals surface area contributed by atoms with Gasteiger partial charge in [0.05, 0.1) is 0 Å². The first-order valence-electron chi connectivity index (χ1n) is 6.25. The van der Waals surface area contributed by atoms with Crippen LogP contribution in [0.3, 0.4) is 0 Å². The van der Waals surface area contributed by atoms with Crippen LogP contribution in [0.4, 0.5) is 0 Å². The molecule has 1 aliphatic carbocycles. The Morgan fingerprint density at radius 1 is 1.19 bits per heavy atom. The maximum Gasteiger partial charge on any atom is 0.136 e. The number of Topliss-reactive ketones (excluding diaryl/α,β-unsaturated/α-hetero) is 1. The van der Waals surface area contributed by atoms with Crippen LogP contribution in [0.15, 0.2) is 18.2 Å². The van der Waals surface area contributed by atoms with Gasteiger partial charge in [-0.2, -0.15) is 0 Å². The summed E-state index contributed by atoms with van der Waals surface area (Å²) in [6, 6.07) is 6.57. The summed E-state index contributed by atoms with van der Waals surface area (Å²) >= 11 is 0. The number of benzene rings is 1. The van der Waals surface area contributed by atoms with Crippen LogP contribution < -0.4 is 0 Å². The van der Waals surface area contributed by atoms with E-state index in [0.717, 1.165) is 25.7 Å². The van der Waals surface area contributed by atoms with Crippen molar-refractivity contribution >= 4 is 5.78 Å². The molecule has 16 heavy (non-hydrogen) atoms. The molecule has 0 aromatic heterocycles. The fourth-order valence-electron chi connectivity index (χ4n) is 2.42. The number of aryl methyl sites for hydroxylation is 3. The van der Waals surface area contributed by atoms with Crippen molar-refractivity contribution in [3.05, 3.63) is 34.9 Å². The normalized spacial score (nSPS) is 15.9. The lowest BCUT2D eigenvalue weighted by molar-refractivity contribution is -0.125. The van der Waals surface area contributed by atoms with Crippen LogP contribution in [0.25, 0.3) is 0 Å². The zero-order chi connectivity index (χ0) is 11.5. The topological polar surface area (TPSA) is 17.1 Å². The fraction of sp³-hybridized carbons (Fsp3) is 0.533.